The molecule has 0 aromatic carbocycles. The minimum absolute atomic E-state index is 0.0648. The second-order valence-corrected chi connectivity index (χ2v) is 5.26. The number of ketones is 1. The molecule has 0 spiro atoms. The van der Waals surface area contributed by atoms with Crippen LogP contribution in [0.5, 0.6) is 0 Å². The summed E-state index contributed by atoms with van der Waals surface area (Å²) in [5, 5.41) is 0. The SMILES string of the molecule is COC1(OC)C(=O)[C@@H]2C=C(C)[C@H]1[C@H]1CC=C[C@H]12. The normalized spacial score (nSPS) is 41.6. The quantitative estimate of drug-likeness (QED) is 0.541. The number of fused-ring (bicyclic) bond motifs is 1. The summed E-state index contributed by atoms with van der Waals surface area (Å²) >= 11 is 0. The first kappa shape index (κ1) is 11.2. The summed E-state index contributed by atoms with van der Waals surface area (Å²) < 4.78 is 11.0. The van der Waals surface area contributed by atoms with E-state index < -0.39 is 5.79 Å². The Morgan fingerprint density at radius 2 is 2.06 bits per heavy atom. The molecule has 0 aromatic rings. The number of carbonyl (C=O) groups excluding carboxylic acids is 1. The zero-order chi connectivity index (χ0) is 12.2. The Bertz CT molecular complexity index is 417. The molecule has 0 aliphatic heterocycles. The number of allylic oxidation sites excluding steroid dienone is 3. The highest BCUT2D eigenvalue weighted by Gasteiger charge is 2.62. The maximum Gasteiger partial charge on any atom is 0.236 e. The average Bonchev–Trinajstić information content (AvgIpc) is 2.81. The van der Waals surface area contributed by atoms with Gasteiger partial charge < -0.3 is 9.47 Å². The first-order valence-corrected chi connectivity index (χ1v) is 6.15. The third-order valence-electron chi connectivity index (χ3n) is 4.70. The van der Waals surface area contributed by atoms with Gasteiger partial charge in [-0.05, 0) is 25.2 Å². The summed E-state index contributed by atoms with van der Waals surface area (Å²) in [7, 11) is 3.15. The molecule has 0 unspecified atom stereocenters. The van der Waals surface area contributed by atoms with Crippen LogP contribution < -0.4 is 0 Å². The molecule has 2 bridgehead atoms. The van der Waals surface area contributed by atoms with Crippen molar-refractivity contribution in [1.29, 1.82) is 0 Å². The second-order valence-electron chi connectivity index (χ2n) is 5.26. The van der Waals surface area contributed by atoms with E-state index in [4.69, 9.17) is 9.47 Å². The Hall–Kier alpha value is -0.930. The molecule has 4 aliphatic rings. The standard InChI is InChI=1S/C14H18O3/c1-8-7-11-9-5-4-6-10(9)12(8)14(16-2,17-3)13(11)15/h4-5,7,9-12H,6H2,1-3H3/t9-,10+,11-,12+/m1/s1. The molecule has 3 heteroatoms. The molecule has 1 saturated carbocycles. The lowest BCUT2D eigenvalue weighted by Crippen LogP contribution is -2.62. The average molecular weight is 234 g/mol. The van der Waals surface area contributed by atoms with Crippen LogP contribution in [0.1, 0.15) is 13.3 Å². The monoisotopic (exact) mass is 234 g/mol. The molecule has 0 amide bonds. The molecule has 3 nitrogen and oxygen atoms in total. The smallest absolute Gasteiger partial charge is 0.236 e. The lowest BCUT2D eigenvalue weighted by atomic mass is 9.57. The second kappa shape index (κ2) is 3.53. The lowest BCUT2D eigenvalue weighted by Gasteiger charge is -2.52. The van der Waals surface area contributed by atoms with E-state index in [-0.39, 0.29) is 17.6 Å². The Morgan fingerprint density at radius 1 is 1.35 bits per heavy atom. The summed E-state index contributed by atoms with van der Waals surface area (Å²) in [6.45, 7) is 2.09. The van der Waals surface area contributed by atoms with Gasteiger partial charge in [0.1, 0.15) is 0 Å². The van der Waals surface area contributed by atoms with Crippen molar-refractivity contribution >= 4 is 5.78 Å². The maximum absolute atomic E-state index is 12.5. The van der Waals surface area contributed by atoms with Gasteiger partial charge in [-0.2, -0.15) is 0 Å². The number of carbonyl (C=O) groups is 1. The topological polar surface area (TPSA) is 35.5 Å². The first-order valence-electron chi connectivity index (χ1n) is 6.15. The summed E-state index contributed by atoms with van der Waals surface area (Å²) in [6, 6.07) is 0. The molecule has 0 saturated heterocycles. The fraction of sp³-hybridized carbons (Fsp3) is 0.643. The molecule has 92 valence electrons. The number of ether oxygens (including phenoxy) is 2. The van der Waals surface area contributed by atoms with Crippen molar-refractivity contribution in [3.63, 3.8) is 0 Å². The number of hydrogen-bond acceptors (Lipinski definition) is 3. The Balaban J connectivity index is 2.13. The molecule has 0 heterocycles. The van der Waals surface area contributed by atoms with Crippen molar-refractivity contribution < 1.29 is 14.3 Å². The van der Waals surface area contributed by atoms with E-state index in [1.54, 1.807) is 14.2 Å². The Labute approximate surface area is 101 Å². The fourth-order valence-corrected chi connectivity index (χ4v) is 4.03. The summed E-state index contributed by atoms with van der Waals surface area (Å²) in [5.74, 6) is -0.141. The van der Waals surface area contributed by atoms with Crippen molar-refractivity contribution in [2.24, 2.45) is 23.7 Å². The van der Waals surface area contributed by atoms with Gasteiger partial charge in [-0.1, -0.05) is 23.8 Å². The van der Waals surface area contributed by atoms with E-state index in [9.17, 15) is 4.79 Å². The molecule has 0 radical (unpaired) electrons. The van der Waals surface area contributed by atoms with Crippen LogP contribution in [0.3, 0.4) is 0 Å². The lowest BCUT2D eigenvalue weighted by molar-refractivity contribution is -0.249. The number of hydrogen-bond donors (Lipinski definition) is 0. The molecule has 17 heavy (non-hydrogen) atoms. The third-order valence-corrected chi connectivity index (χ3v) is 4.70. The van der Waals surface area contributed by atoms with E-state index in [2.05, 4.69) is 25.2 Å². The fourth-order valence-electron chi connectivity index (χ4n) is 4.03. The van der Waals surface area contributed by atoms with Crippen molar-refractivity contribution in [1.82, 2.24) is 0 Å². The number of rotatable bonds is 2. The largest absolute Gasteiger partial charge is 0.347 e. The molecular formula is C14H18O3. The Kier molecular flexibility index (Phi) is 2.32. The van der Waals surface area contributed by atoms with Gasteiger partial charge >= 0.3 is 0 Å². The highest BCUT2D eigenvalue weighted by atomic mass is 16.7. The zero-order valence-electron chi connectivity index (χ0n) is 10.5. The van der Waals surface area contributed by atoms with Crippen LogP contribution in [0.15, 0.2) is 23.8 Å². The van der Waals surface area contributed by atoms with Crippen LogP contribution in [0.25, 0.3) is 0 Å². The van der Waals surface area contributed by atoms with Gasteiger partial charge in [-0.15, -0.1) is 0 Å². The van der Waals surface area contributed by atoms with Crippen molar-refractivity contribution in [2.45, 2.75) is 19.1 Å². The van der Waals surface area contributed by atoms with Gasteiger partial charge in [0, 0.05) is 26.1 Å². The van der Waals surface area contributed by atoms with Crippen LogP contribution >= 0.6 is 0 Å². The predicted octanol–water partition coefficient (Wildman–Crippen LogP) is 1.94. The van der Waals surface area contributed by atoms with Gasteiger partial charge in [0.05, 0.1) is 0 Å². The van der Waals surface area contributed by atoms with Gasteiger partial charge in [0.2, 0.25) is 5.79 Å². The maximum atomic E-state index is 12.5. The number of methoxy groups -OCH3 is 2. The van der Waals surface area contributed by atoms with E-state index in [1.807, 2.05) is 0 Å². The van der Waals surface area contributed by atoms with E-state index >= 15 is 0 Å². The van der Waals surface area contributed by atoms with Crippen LogP contribution in [0.2, 0.25) is 0 Å². The highest BCUT2D eigenvalue weighted by molar-refractivity contribution is 5.93. The predicted molar refractivity (Wildman–Crippen MR) is 63.2 cm³/mol. The molecule has 4 aliphatic carbocycles. The van der Waals surface area contributed by atoms with Crippen LogP contribution in [0.4, 0.5) is 0 Å². The van der Waals surface area contributed by atoms with Crippen LogP contribution in [0, 0.1) is 23.7 Å². The van der Waals surface area contributed by atoms with E-state index in [0.717, 1.165) is 6.42 Å². The Morgan fingerprint density at radius 3 is 2.71 bits per heavy atom. The minimum atomic E-state index is -1.04. The van der Waals surface area contributed by atoms with Gasteiger partial charge in [0.25, 0.3) is 0 Å². The van der Waals surface area contributed by atoms with Crippen molar-refractivity contribution in [3.8, 4) is 0 Å². The summed E-state index contributed by atoms with van der Waals surface area (Å²) in [4.78, 5) is 12.5. The van der Waals surface area contributed by atoms with E-state index in [1.165, 1.54) is 5.57 Å². The van der Waals surface area contributed by atoms with Crippen molar-refractivity contribution in [3.05, 3.63) is 23.8 Å². The molecule has 4 atom stereocenters. The highest BCUT2D eigenvalue weighted by Crippen LogP contribution is 2.56. The molecule has 0 N–H and O–H groups in total. The first-order chi connectivity index (χ1) is 8.15. The molecule has 1 fully saturated rings. The minimum Gasteiger partial charge on any atom is -0.347 e. The summed E-state index contributed by atoms with van der Waals surface area (Å²) in [5.41, 5.74) is 1.24. The zero-order valence-corrected chi connectivity index (χ0v) is 10.5. The molecule has 4 rings (SSSR count). The van der Waals surface area contributed by atoms with E-state index in [0.29, 0.717) is 11.8 Å². The van der Waals surface area contributed by atoms with Gasteiger partial charge in [-0.3, -0.25) is 4.79 Å². The third kappa shape index (κ3) is 1.16. The summed E-state index contributed by atoms with van der Waals surface area (Å²) in [6.07, 6.45) is 7.52. The van der Waals surface area contributed by atoms with Gasteiger partial charge in [0.15, 0.2) is 5.78 Å². The van der Waals surface area contributed by atoms with Crippen LogP contribution in [-0.4, -0.2) is 25.8 Å². The van der Waals surface area contributed by atoms with Crippen molar-refractivity contribution in [2.75, 3.05) is 14.2 Å². The molecule has 0 aromatic heterocycles. The van der Waals surface area contributed by atoms with Gasteiger partial charge in [-0.25, -0.2) is 0 Å². The number of Topliss-reactive ketones (excluding diaryl/α,β-unsaturated/α-hetero) is 1. The molecular weight excluding hydrogens is 216 g/mol. The van der Waals surface area contributed by atoms with Crippen LogP contribution in [-0.2, 0) is 14.3 Å².